The van der Waals surface area contributed by atoms with E-state index in [1.807, 2.05) is 11.6 Å². The number of aromatic nitrogens is 3. The Balaban J connectivity index is 1.96. The number of hydrogen-bond donors (Lipinski definition) is 0. The lowest BCUT2D eigenvalue weighted by Gasteiger charge is -2.11. The van der Waals surface area contributed by atoms with E-state index >= 15 is 0 Å². The smallest absolute Gasteiger partial charge is 0.169 e. The maximum atomic E-state index is 12.1. The molecule has 2 atom stereocenters. The molecule has 0 bridgehead atoms. The Morgan fingerprint density at radius 3 is 2.94 bits per heavy atom. The van der Waals surface area contributed by atoms with E-state index in [1.54, 1.807) is 0 Å². The molecule has 0 amide bonds. The number of Topliss-reactive ketones (excluding diaryl/α,β-unsaturated/α-hetero) is 1. The lowest BCUT2D eigenvalue weighted by atomic mass is 10.1. The molecule has 1 aromatic heterocycles. The van der Waals surface area contributed by atoms with Gasteiger partial charge in [-0.25, -0.2) is 9.67 Å². The molecule has 1 aliphatic heterocycles. The van der Waals surface area contributed by atoms with Gasteiger partial charge in [-0.3, -0.25) is 4.79 Å². The highest BCUT2D eigenvalue weighted by Gasteiger charge is 2.28. The molecule has 1 aromatic rings. The molecule has 0 aliphatic carbocycles. The van der Waals surface area contributed by atoms with E-state index < -0.39 is 0 Å². The predicted octanol–water partition coefficient (Wildman–Crippen LogP) is 1.61. The van der Waals surface area contributed by atoms with Crippen molar-refractivity contribution in [1.82, 2.24) is 14.8 Å². The van der Waals surface area contributed by atoms with Crippen molar-refractivity contribution in [2.45, 2.75) is 58.8 Å². The number of ether oxygens (including phenoxy) is 1. The molecule has 1 saturated heterocycles. The summed E-state index contributed by atoms with van der Waals surface area (Å²) in [5.41, 5.74) is 0. The lowest BCUT2D eigenvalue weighted by molar-refractivity contribution is -0.128. The first-order valence-corrected chi connectivity index (χ1v) is 6.61. The number of nitrogens with zero attached hydrogens (tertiary/aromatic N) is 3. The standard InChI is InChI=1S/C13H21N3O2/c1-9(2)7-16-13(14-8-15-16)6-11(17)12-5-4-10(3)18-12/h8-10,12H,4-7H2,1-3H3. The van der Waals surface area contributed by atoms with Crippen molar-refractivity contribution in [2.24, 2.45) is 5.92 Å². The molecule has 5 nitrogen and oxygen atoms in total. The van der Waals surface area contributed by atoms with Crippen LogP contribution < -0.4 is 0 Å². The number of carbonyl (C=O) groups excluding carboxylic acids is 1. The first-order chi connectivity index (χ1) is 8.56. The quantitative estimate of drug-likeness (QED) is 0.798. The molecule has 2 rings (SSSR count). The minimum absolute atomic E-state index is 0.123. The first kappa shape index (κ1) is 13.2. The van der Waals surface area contributed by atoms with Gasteiger partial charge < -0.3 is 4.74 Å². The highest BCUT2D eigenvalue weighted by molar-refractivity contribution is 5.84. The second-order valence-electron chi connectivity index (χ2n) is 5.41. The first-order valence-electron chi connectivity index (χ1n) is 6.61. The highest BCUT2D eigenvalue weighted by atomic mass is 16.5. The summed E-state index contributed by atoms with van der Waals surface area (Å²) in [6.45, 7) is 7.04. The maximum Gasteiger partial charge on any atom is 0.169 e. The fraction of sp³-hybridized carbons (Fsp3) is 0.769. The molecule has 0 N–H and O–H groups in total. The second kappa shape index (κ2) is 5.61. The average molecular weight is 251 g/mol. The van der Waals surface area contributed by atoms with E-state index in [1.165, 1.54) is 6.33 Å². The Morgan fingerprint density at radius 2 is 2.33 bits per heavy atom. The van der Waals surface area contributed by atoms with Crippen LogP contribution in [0.4, 0.5) is 0 Å². The van der Waals surface area contributed by atoms with Crippen molar-refractivity contribution in [3.63, 3.8) is 0 Å². The predicted molar refractivity (Wildman–Crippen MR) is 67.1 cm³/mol. The van der Waals surface area contributed by atoms with Gasteiger partial charge in [0, 0.05) is 6.54 Å². The van der Waals surface area contributed by atoms with Crippen LogP contribution in [0.15, 0.2) is 6.33 Å². The summed E-state index contributed by atoms with van der Waals surface area (Å²) >= 11 is 0. The molecule has 0 radical (unpaired) electrons. The summed E-state index contributed by atoms with van der Waals surface area (Å²) in [6.07, 6.45) is 3.59. The maximum absolute atomic E-state index is 12.1. The van der Waals surface area contributed by atoms with E-state index in [0.29, 0.717) is 12.3 Å². The van der Waals surface area contributed by atoms with Crippen molar-refractivity contribution in [3.05, 3.63) is 12.2 Å². The molecule has 100 valence electrons. The van der Waals surface area contributed by atoms with E-state index in [0.717, 1.165) is 25.2 Å². The third-order valence-electron chi connectivity index (χ3n) is 3.16. The topological polar surface area (TPSA) is 57.0 Å². The molecule has 2 unspecified atom stereocenters. The van der Waals surface area contributed by atoms with Gasteiger partial charge in [0.1, 0.15) is 18.3 Å². The van der Waals surface area contributed by atoms with Gasteiger partial charge in [0.15, 0.2) is 5.78 Å². The van der Waals surface area contributed by atoms with Gasteiger partial charge in [-0.2, -0.15) is 5.10 Å². The van der Waals surface area contributed by atoms with Crippen molar-refractivity contribution in [2.75, 3.05) is 0 Å². The average Bonchev–Trinajstić information content (AvgIpc) is 2.88. The van der Waals surface area contributed by atoms with E-state index in [4.69, 9.17) is 4.74 Å². The van der Waals surface area contributed by atoms with E-state index in [-0.39, 0.29) is 18.0 Å². The summed E-state index contributed by atoms with van der Waals surface area (Å²) in [6, 6.07) is 0. The van der Waals surface area contributed by atoms with Crippen LogP contribution in [-0.4, -0.2) is 32.8 Å². The number of rotatable bonds is 5. The third-order valence-corrected chi connectivity index (χ3v) is 3.16. The Bertz CT molecular complexity index is 414. The SMILES string of the molecule is CC(C)Cn1ncnc1CC(=O)C1CCC(C)O1. The zero-order valence-corrected chi connectivity index (χ0v) is 11.3. The molecule has 1 fully saturated rings. The van der Waals surface area contributed by atoms with Crippen LogP contribution in [0, 0.1) is 5.92 Å². The Hall–Kier alpha value is -1.23. The van der Waals surface area contributed by atoms with Crippen molar-refractivity contribution < 1.29 is 9.53 Å². The van der Waals surface area contributed by atoms with Gasteiger partial charge in [-0.1, -0.05) is 13.8 Å². The fourth-order valence-corrected chi connectivity index (χ4v) is 2.23. The minimum Gasteiger partial charge on any atom is -0.367 e. The normalized spacial score (nSPS) is 23.8. The highest BCUT2D eigenvalue weighted by Crippen LogP contribution is 2.20. The number of carbonyl (C=O) groups is 1. The van der Waals surface area contributed by atoms with Crippen LogP contribution >= 0.6 is 0 Å². The van der Waals surface area contributed by atoms with Gasteiger partial charge >= 0.3 is 0 Å². The van der Waals surface area contributed by atoms with E-state index in [2.05, 4.69) is 23.9 Å². The molecule has 5 heteroatoms. The van der Waals surface area contributed by atoms with Crippen LogP contribution in [0.5, 0.6) is 0 Å². The number of hydrogen-bond acceptors (Lipinski definition) is 4. The van der Waals surface area contributed by atoms with Gasteiger partial charge in [0.25, 0.3) is 0 Å². The third kappa shape index (κ3) is 3.16. The Morgan fingerprint density at radius 1 is 1.56 bits per heavy atom. The van der Waals surface area contributed by atoms with Gasteiger partial charge in [-0.15, -0.1) is 0 Å². The Labute approximate surface area is 108 Å². The zero-order chi connectivity index (χ0) is 13.1. The molecule has 1 aliphatic rings. The summed E-state index contributed by atoms with van der Waals surface area (Å²) in [5.74, 6) is 1.36. The molecule has 18 heavy (non-hydrogen) atoms. The van der Waals surface area contributed by atoms with Crippen LogP contribution in [0.3, 0.4) is 0 Å². The fourth-order valence-electron chi connectivity index (χ4n) is 2.23. The Kier molecular flexibility index (Phi) is 4.11. The van der Waals surface area contributed by atoms with Gasteiger partial charge in [-0.05, 0) is 25.7 Å². The molecular weight excluding hydrogens is 230 g/mol. The van der Waals surface area contributed by atoms with Crippen molar-refractivity contribution in [3.8, 4) is 0 Å². The molecule has 2 heterocycles. The molecule has 0 aromatic carbocycles. The zero-order valence-electron chi connectivity index (χ0n) is 11.3. The number of ketones is 1. The van der Waals surface area contributed by atoms with E-state index in [9.17, 15) is 4.79 Å². The summed E-state index contributed by atoms with van der Waals surface area (Å²) in [5, 5.41) is 4.16. The van der Waals surface area contributed by atoms with Crippen molar-refractivity contribution >= 4 is 5.78 Å². The molecule has 0 spiro atoms. The van der Waals surface area contributed by atoms with Gasteiger partial charge in [0.05, 0.1) is 12.5 Å². The summed E-state index contributed by atoms with van der Waals surface area (Å²) < 4.78 is 7.41. The van der Waals surface area contributed by atoms with Gasteiger partial charge in [0.2, 0.25) is 0 Å². The summed E-state index contributed by atoms with van der Waals surface area (Å²) in [4.78, 5) is 16.3. The van der Waals surface area contributed by atoms with Crippen LogP contribution in [0.2, 0.25) is 0 Å². The second-order valence-corrected chi connectivity index (χ2v) is 5.41. The van der Waals surface area contributed by atoms with Crippen LogP contribution in [-0.2, 0) is 22.5 Å². The minimum atomic E-state index is -0.246. The monoisotopic (exact) mass is 251 g/mol. The summed E-state index contributed by atoms with van der Waals surface area (Å²) in [7, 11) is 0. The lowest BCUT2D eigenvalue weighted by Crippen LogP contribution is -2.24. The van der Waals surface area contributed by atoms with Crippen molar-refractivity contribution in [1.29, 1.82) is 0 Å². The molecule has 0 saturated carbocycles. The molecular formula is C13H21N3O2. The van der Waals surface area contributed by atoms with Crippen LogP contribution in [0.1, 0.15) is 39.4 Å². The largest absolute Gasteiger partial charge is 0.367 e. The van der Waals surface area contributed by atoms with Crippen LogP contribution in [0.25, 0.3) is 0 Å².